The molecular weight excluding hydrogens is 168 g/mol. The summed E-state index contributed by atoms with van der Waals surface area (Å²) in [7, 11) is 1.38. The van der Waals surface area contributed by atoms with Gasteiger partial charge in [-0.2, -0.15) is 4.99 Å². The molecule has 1 rings (SSSR count). The van der Waals surface area contributed by atoms with Crippen LogP contribution in [0.15, 0.2) is 17.1 Å². The van der Waals surface area contributed by atoms with Crippen LogP contribution in [-0.4, -0.2) is 29.6 Å². The molecule has 0 aromatic rings. The fourth-order valence-electron chi connectivity index (χ4n) is 0.730. The van der Waals surface area contributed by atoms with Crippen LogP contribution in [0.1, 0.15) is 20.8 Å². The van der Waals surface area contributed by atoms with Crippen LogP contribution in [0.3, 0.4) is 0 Å². The Morgan fingerprint density at radius 3 is 2.23 bits per heavy atom. The molecule has 0 atom stereocenters. The van der Waals surface area contributed by atoms with Crippen molar-refractivity contribution in [1.29, 1.82) is 0 Å². The van der Waals surface area contributed by atoms with Crippen molar-refractivity contribution in [3.63, 3.8) is 0 Å². The number of imide groups is 1. The first-order chi connectivity index (χ1) is 6.04. The van der Waals surface area contributed by atoms with Crippen molar-refractivity contribution in [1.82, 2.24) is 4.90 Å². The lowest BCUT2D eigenvalue weighted by Crippen LogP contribution is -2.37. The predicted molar refractivity (Wildman–Crippen MR) is 51.8 cm³/mol. The number of hydrogen-bond acceptors (Lipinski definition) is 2. The largest absolute Gasteiger partial charge is 0.350 e. The van der Waals surface area contributed by atoms with Gasteiger partial charge in [-0.3, -0.25) is 9.69 Å². The number of rotatable bonds is 0. The van der Waals surface area contributed by atoms with Crippen molar-refractivity contribution >= 4 is 17.6 Å². The number of nitrogens with zero attached hydrogens (tertiary/aromatic N) is 2. The molecule has 3 amide bonds. The summed E-state index contributed by atoms with van der Waals surface area (Å²) < 4.78 is 0. The van der Waals surface area contributed by atoms with Gasteiger partial charge in [-0.25, -0.2) is 4.79 Å². The van der Waals surface area contributed by atoms with Crippen molar-refractivity contribution in [2.24, 2.45) is 4.99 Å². The highest BCUT2D eigenvalue weighted by atomic mass is 16.2. The Bertz CT molecular complexity index is 279. The molecule has 0 unspecified atom stereocenters. The summed E-state index contributed by atoms with van der Waals surface area (Å²) in [5.41, 5.74) is 0.685. The number of hydrogen-bond donors (Lipinski definition) is 0. The third-order valence-corrected chi connectivity index (χ3v) is 1.55. The summed E-state index contributed by atoms with van der Waals surface area (Å²) >= 11 is 0. The Balaban J connectivity index is 0.000000671. The van der Waals surface area contributed by atoms with Gasteiger partial charge < -0.3 is 0 Å². The molecule has 0 aliphatic carbocycles. The molecule has 0 aromatic heterocycles. The first-order valence-corrected chi connectivity index (χ1v) is 4.10. The van der Waals surface area contributed by atoms with E-state index in [0.29, 0.717) is 5.71 Å². The van der Waals surface area contributed by atoms with Crippen LogP contribution in [0, 0.1) is 0 Å². The van der Waals surface area contributed by atoms with E-state index in [1.54, 1.807) is 6.92 Å². The Labute approximate surface area is 77.9 Å². The second kappa shape index (κ2) is 4.54. The Hall–Kier alpha value is -1.45. The van der Waals surface area contributed by atoms with Gasteiger partial charge in [0.2, 0.25) is 0 Å². The molecule has 0 fully saturated rings. The number of carbonyl (C=O) groups is 2. The number of urea groups is 1. The fraction of sp³-hybridized carbons (Fsp3) is 0.444. The molecule has 1 aliphatic heterocycles. The third kappa shape index (κ3) is 2.24. The summed E-state index contributed by atoms with van der Waals surface area (Å²) in [5.74, 6) is -0.373. The van der Waals surface area contributed by atoms with E-state index < -0.39 is 6.03 Å². The summed E-state index contributed by atoms with van der Waals surface area (Å²) in [6, 6.07) is -0.528. The second-order valence-corrected chi connectivity index (χ2v) is 2.32. The van der Waals surface area contributed by atoms with Gasteiger partial charge >= 0.3 is 6.03 Å². The molecule has 0 bridgehead atoms. The fourth-order valence-corrected chi connectivity index (χ4v) is 0.730. The maximum atomic E-state index is 11.1. The zero-order chi connectivity index (χ0) is 10.6. The van der Waals surface area contributed by atoms with E-state index in [0.717, 1.165) is 4.90 Å². The Morgan fingerprint density at radius 2 is 1.77 bits per heavy atom. The van der Waals surface area contributed by atoms with Crippen molar-refractivity contribution < 1.29 is 9.59 Å². The minimum atomic E-state index is -0.528. The topological polar surface area (TPSA) is 49.7 Å². The van der Waals surface area contributed by atoms with Crippen LogP contribution in [0.4, 0.5) is 4.79 Å². The molecule has 1 aliphatic rings. The lowest BCUT2D eigenvalue weighted by atomic mass is 10.1. The smallest absolute Gasteiger partial charge is 0.269 e. The highest BCUT2D eigenvalue weighted by molar-refractivity contribution is 6.28. The van der Waals surface area contributed by atoms with E-state index in [4.69, 9.17) is 0 Å². The third-order valence-electron chi connectivity index (χ3n) is 1.55. The molecule has 0 spiro atoms. The zero-order valence-electron chi connectivity index (χ0n) is 8.42. The van der Waals surface area contributed by atoms with E-state index >= 15 is 0 Å². The maximum absolute atomic E-state index is 11.1. The summed E-state index contributed by atoms with van der Waals surface area (Å²) in [6.07, 6.45) is 0. The molecule has 4 nitrogen and oxygen atoms in total. The molecule has 0 aromatic carbocycles. The van der Waals surface area contributed by atoms with Crippen molar-refractivity contribution in [2.45, 2.75) is 20.8 Å². The SMILES string of the molecule is C=C1C(=O)N(C)C(=O)N=C1C.CC. The van der Waals surface area contributed by atoms with Crippen molar-refractivity contribution in [2.75, 3.05) is 7.05 Å². The summed E-state index contributed by atoms with van der Waals surface area (Å²) in [4.78, 5) is 26.4. The van der Waals surface area contributed by atoms with Gasteiger partial charge in [-0.15, -0.1) is 0 Å². The average Bonchev–Trinajstić information content (AvgIpc) is 2.15. The van der Waals surface area contributed by atoms with Gasteiger partial charge in [-0.05, 0) is 6.92 Å². The minimum absolute atomic E-state index is 0.284. The molecule has 13 heavy (non-hydrogen) atoms. The van der Waals surface area contributed by atoms with Crippen LogP contribution >= 0.6 is 0 Å². The number of aliphatic imine (C=N–C) groups is 1. The molecule has 0 N–H and O–H groups in total. The summed E-state index contributed by atoms with van der Waals surface area (Å²) in [5, 5.41) is 0. The van der Waals surface area contributed by atoms with Crippen LogP contribution in [0.25, 0.3) is 0 Å². The van der Waals surface area contributed by atoms with Gasteiger partial charge in [0.15, 0.2) is 0 Å². The Morgan fingerprint density at radius 1 is 1.31 bits per heavy atom. The first-order valence-electron chi connectivity index (χ1n) is 4.10. The van der Waals surface area contributed by atoms with Gasteiger partial charge in [-0.1, -0.05) is 20.4 Å². The van der Waals surface area contributed by atoms with E-state index in [1.807, 2.05) is 13.8 Å². The van der Waals surface area contributed by atoms with Crippen molar-refractivity contribution in [3.8, 4) is 0 Å². The number of carbonyl (C=O) groups excluding carboxylic acids is 2. The van der Waals surface area contributed by atoms with Gasteiger partial charge in [0.1, 0.15) is 0 Å². The second-order valence-electron chi connectivity index (χ2n) is 2.32. The summed E-state index contributed by atoms with van der Waals surface area (Å²) in [6.45, 7) is 9.08. The highest BCUT2D eigenvalue weighted by Gasteiger charge is 2.25. The van der Waals surface area contributed by atoms with Crippen molar-refractivity contribution in [3.05, 3.63) is 12.2 Å². The molecule has 1 heterocycles. The molecule has 0 radical (unpaired) electrons. The highest BCUT2D eigenvalue weighted by Crippen LogP contribution is 2.08. The zero-order valence-corrected chi connectivity index (χ0v) is 8.42. The molecular formula is C9H14N2O2. The number of amides is 3. The van der Waals surface area contributed by atoms with E-state index in [2.05, 4.69) is 11.6 Å². The van der Waals surface area contributed by atoms with Crippen LogP contribution in [-0.2, 0) is 4.79 Å². The normalized spacial score (nSPS) is 16.5. The molecule has 4 heteroatoms. The first kappa shape index (κ1) is 11.6. The average molecular weight is 182 g/mol. The molecule has 72 valence electrons. The molecule has 0 saturated carbocycles. The quantitative estimate of drug-likeness (QED) is 0.534. The van der Waals surface area contributed by atoms with E-state index in [1.165, 1.54) is 7.05 Å². The predicted octanol–water partition coefficient (Wildman–Crippen LogP) is 1.62. The lowest BCUT2D eigenvalue weighted by Gasteiger charge is -2.18. The van der Waals surface area contributed by atoms with Crippen LogP contribution in [0.2, 0.25) is 0 Å². The maximum Gasteiger partial charge on any atom is 0.350 e. The Kier molecular flexibility index (Phi) is 4.04. The standard InChI is InChI=1S/C7H8N2O2.C2H6/c1-4-5(2)8-7(11)9(3)6(4)10;1-2/h1H2,2-3H3;1-2H3. The number of likely N-dealkylation sites (N-methyl/N-ethyl adjacent to an activating group) is 1. The van der Waals surface area contributed by atoms with Crippen LogP contribution in [0.5, 0.6) is 0 Å². The van der Waals surface area contributed by atoms with E-state index in [9.17, 15) is 9.59 Å². The molecule has 0 saturated heterocycles. The van der Waals surface area contributed by atoms with Gasteiger partial charge in [0, 0.05) is 7.05 Å². The monoisotopic (exact) mass is 182 g/mol. The van der Waals surface area contributed by atoms with Crippen LogP contribution < -0.4 is 0 Å². The van der Waals surface area contributed by atoms with Gasteiger partial charge in [0.05, 0.1) is 11.3 Å². The van der Waals surface area contributed by atoms with E-state index in [-0.39, 0.29) is 11.5 Å². The lowest BCUT2D eigenvalue weighted by molar-refractivity contribution is -0.122. The van der Waals surface area contributed by atoms with Gasteiger partial charge in [0.25, 0.3) is 5.91 Å². The minimum Gasteiger partial charge on any atom is -0.269 e.